The zero-order chi connectivity index (χ0) is 16.0. The average Bonchev–Trinajstić information content (AvgIpc) is 3.11. The molecule has 2 N–H and O–H groups in total. The van der Waals surface area contributed by atoms with Crippen molar-refractivity contribution in [2.75, 3.05) is 39.8 Å². The van der Waals surface area contributed by atoms with Crippen molar-refractivity contribution in [2.24, 2.45) is 11.3 Å². The van der Waals surface area contributed by atoms with Crippen LogP contribution in [0.3, 0.4) is 0 Å². The molecular formula is C19H28N2O2. The molecule has 4 heteroatoms. The average molecular weight is 316 g/mol. The normalized spacial score (nSPS) is 39.2. The standard InChI is InChI=1S/C19H28N2O2/c1-20-9-7-15(8-10-20)21-11-17(23)19(13-21)16(12-22)18(19)14-5-3-2-4-6-14/h2-6,15-18,22-23H,7-13H2,1H3/t16-,17-,18-,19-/m1/s1. The molecule has 4 rings (SSSR count). The van der Waals surface area contributed by atoms with E-state index in [1.54, 1.807) is 0 Å². The first kappa shape index (κ1) is 15.6. The van der Waals surface area contributed by atoms with Gasteiger partial charge in [0.15, 0.2) is 0 Å². The number of likely N-dealkylation sites (tertiary alicyclic amines) is 2. The quantitative estimate of drug-likeness (QED) is 0.878. The Labute approximate surface area is 138 Å². The predicted octanol–water partition coefficient (Wildman–Crippen LogP) is 1.15. The molecule has 2 heterocycles. The molecule has 1 saturated carbocycles. The topological polar surface area (TPSA) is 46.9 Å². The summed E-state index contributed by atoms with van der Waals surface area (Å²) in [6.45, 7) is 4.19. The Bertz CT molecular complexity index is 544. The molecule has 4 atom stereocenters. The second-order valence-corrected chi connectivity index (χ2v) is 7.77. The lowest BCUT2D eigenvalue weighted by Gasteiger charge is -2.35. The molecule has 0 unspecified atom stereocenters. The molecule has 0 radical (unpaired) electrons. The first-order chi connectivity index (χ1) is 11.2. The smallest absolute Gasteiger partial charge is 0.0745 e. The fourth-order valence-electron chi connectivity index (χ4n) is 5.24. The Hall–Kier alpha value is -0.940. The molecule has 4 nitrogen and oxygen atoms in total. The largest absolute Gasteiger partial charge is 0.396 e. The molecule has 126 valence electrons. The summed E-state index contributed by atoms with van der Waals surface area (Å²) in [6, 6.07) is 11.0. The van der Waals surface area contributed by atoms with E-state index in [-0.39, 0.29) is 24.0 Å². The zero-order valence-corrected chi connectivity index (χ0v) is 13.9. The van der Waals surface area contributed by atoms with E-state index in [4.69, 9.17) is 0 Å². The Morgan fingerprint density at radius 2 is 1.87 bits per heavy atom. The van der Waals surface area contributed by atoms with Gasteiger partial charge < -0.3 is 15.1 Å². The summed E-state index contributed by atoms with van der Waals surface area (Å²) in [6.07, 6.45) is 2.07. The van der Waals surface area contributed by atoms with E-state index in [9.17, 15) is 10.2 Å². The highest BCUT2D eigenvalue weighted by Gasteiger charge is 2.71. The molecule has 0 bridgehead atoms. The first-order valence-electron chi connectivity index (χ1n) is 8.93. The van der Waals surface area contributed by atoms with Crippen molar-refractivity contribution in [1.82, 2.24) is 9.80 Å². The minimum Gasteiger partial charge on any atom is -0.396 e. The van der Waals surface area contributed by atoms with E-state index in [0.29, 0.717) is 12.0 Å². The van der Waals surface area contributed by atoms with Gasteiger partial charge in [-0.05, 0) is 50.4 Å². The minimum atomic E-state index is -0.315. The second kappa shape index (κ2) is 5.85. The maximum absolute atomic E-state index is 10.8. The van der Waals surface area contributed by atoms with Crippen LogP contribution in [-0.2, 0) is 0 Å². The van der Waals surface area contributed by atoms with Crippen molar-refractivity contribution in [1.29, 1.82) is 0 Å². The van der Waals surface area contributed by atoms with Gasteiger partial charge in [0.2, 0.25) is 0 Å². The molecule has 2 aliphatic heterocycles. The number of rotatable bonds is 3. The molecule has 1 aromatic carbocycles. The first-order valence-corrected chi connectivity index (χ1v) is 8.93. The van der Waals surface area contributed by atoms with Gasteiger partial charge in [0.25, 0.3) is 0 Å². The molecule has 0 amide bonds. The lowest BCUT2D eigenvalue weighted by Crippen LogP contribution is -2.43. The third kappa shape index (κ3) is 2.43. The molecule has 1 spiro atoms. The van der Waals surface area contributed by atoms with Gasteiger partial charge in [-0.1, -0.05) is 30.3 Å². The molecule has 0 aromatic heterocycles. The SMILES string of the molecule is CN1CCC(N2C[C@@H](O)[C@@]3(C2)[C@H](CO)[C@H]3c2ccccc2)CC1. The number of hydrogen-bond donors (Lipinski definition) is 2. The summed E-state index contributed by atoms with van der Waals surface area (Å²) < 4.78 is 0. The van der Waals surface area contributed by atoms with Crippen LogP contribution in [-0.4, -0.2) is 72.0 Å². The van der Waals surface area contributed by atoms with Gasteiger partial charge >= 0.3 is 0 Å². The summed E-state index contributed by atoms with van der Waals surface area (Å²) in [5.41, 5.74) is 1.15. The van der Waals surface area contributed by atoms with E-state index in [1.807, 2.05) is 6.07 Å². The van der Waals surface area contributed by atoms with Crippen LogP contribution in [0, 0.1) is 11.3 Å². The number of piperidine rings is 1. The third-order valence-corrected chi connectivity index (χ3v) is 6.63. The van der Waals surface area contributed by atoms with Gasteiger partial charge in [-0.25, -0.2) is 0 Å². The molecule has 23 heavy (non-hydrogen) atoms. The molecule has 2 saturated heterocycles. The highest BCUT2D eigenvalue weighted by atomic mass is 16.3. The summed E-state index contributed by atoms with van der Waals surface area (Å²) in [7, 11) is 2.19. The highest BCUT2D eigenvalue weighted by Crippen LogP contribution is 2.68. The van der Waals surface area contributed by atoms with E-state index in [2.05, 4.69) is 41.1 Å². The lowest BCUT2D eigenvalue weighted by atomic mass is 9.95. The third-order valence-electron chi connectivity index (χ3n) is 6.63. The van der Waals surface area contributed by atoms with Gasteiger partial charge in [-0.15, -0.1) is 0 Å². The summed E-state index contributed by atoms with van der Waals surface area (Å²) in [4.78, 5) is 4.89. The molecule has 1 aliphatic carbocycles. The monoisotopic (exact) mass is 316 g/mol. The van der Waals surface area contributed by atoms with Gasteiger partial charge in [0.1, 0.15) is 0 Å². The van der Waals surface area contributed by atoms with Crippen LogP contribution in [0.4, 0.5) is 0 Å². The number of benzene rings is 1. The minimum absolute atomic E-state index is 0.126. The van der Waals surface area contributed by atoms with Crippen molar-refractivity contribution >= 4 is 0 Å². The number of hydrogen-bond acceptors (Lipinski definition) is 4. The fraction of sp³-hybridized carbons (Fsp3) is 0.684. The highest BCUT2D eigenvalue weighted by molar-refractivity contribution is 5.36. The maximum atomic E-state index is 10.8. The van der Waals surface area contributed by atoms with Crippen LogP contribution in [0.5, 0.6) is 0 Å². The van der Waals surface area contributed by atoms with E-state index < -0.39 is 0 Å². The second-order valence-electron chi connectivity index (χ2n) is 7.77. The number of aliphatic hydroxyl groups excluding tert-OH is 2. The summed E-state index contributed by atoms with van der Waals surface area (Å²) in [5.74, 6) is 0.510. The summed E-state index contributed by atoms with van der Waals surface area (Å²) in [5, 5.41) is 20.7. The van der Waals surface area contributed by atoms with Gasteiger partial charge in [0.05, 0.1) is 6.10 Å². The number of aliphatic hydroxyl groups is 2. The van der Waals surface area contributed by atoms with Crippen molar-refractivity contribution in [3.63, 3.8) is 0 Å². The van der Waals surface area contributed by atoms with Crippen molar-refractivity contribution in [3.8, 4) is 0 Å². The van der Waals surface area contributed by atoms with Crippen LogP contribution in [0.25, 0.3) is 0 Å². The van der Waals surface area contributed by atoms with Gasteiger partial charge in [-0.2, -0.15) is 0 Å². The zero-order valence-electron chi connectivity index (χ0n) is 13.9. The van der Waals surface area contributed by atoms with Gasteiger partial charge in [-0.3, -0.25) is 4.90 Å². The van der Waals surface area contributed by atoms with Crippen molar-refractivity contribution in [2.45, 2.75) is 30.9 Å². The van der Waals surface area contributed by atoms with Crippen molar-refractivity contribution in [3.05, 3.63) is 35.9 Å². The number of β-amino-alcohol motifs (C(OH)–C–C–N with tert-alkyl or cyclic N) is 1. The maximum Gasteiger partial charge on any atom is 0.0745 e. The molecule has 3 aliphatic rings. The lowest BCUT2D eigenvalue weighted by molar-refractivity contribution is 0.105. The molecular weight excluding hydrogens is 288 g/mol. The molecule has 3 fully saturated rings. The van der Waals surface area contributed by atoms with Crippen molar-refractivity contribution < 1.29 is 10.2 Å². The van der Waals surface area contributed by atoms with Crippen LogP contribution < -0.4 is 0 Å². The Morgan fingerprint density at radius 1 is 1.17 bits per heavy atom. The Morgan fingerprint density at radius 3 is 2.52 bits per heavy atom. The fourth-order valence-corrected chi connectivity index (χ4v) is 5.24. The van der Waals surface area contributed by atoms with E-state index in [0.717, 1.165) is 26.2 Å². The van der Waals surface area contributed by atoms with E-state index >= 15 is 0 Å². The van der Waals surface area contributed by atoms with E-state index in [1.165, 1.54) is 18.4 Å². The number of nitrogens with zero attached hydrogens (tertiary/aromatic N) is 2. The Kier molecular flexibility index (Phi) is 3.96. The predicted molar refractivity (Wildman–Crippen MR) is 90.3 cm³/mol. The summed E-state index contributed by atoms with van der Waals surface area (Å²) >= 11 is 0. The van der Waals surface area contributed by atoms with Crippen LogP contribution in [0.2, 0.25) is 0 Å². The van der Waals surface area contributed by atoms with Crippen LogP contribution in [0.15, 0.2) is 30.3 Å². The van der Waals surface area contributed by atoms with Crippen LogP contribution in [0.1, 0.15) is 24.3 Å². The Balaban J connectivity index is 1.52. The van der Waals surface area contributed by atoms with Crippen LogP contribution >= 0.6 is 0 Å². The van der Waals surface area contributed by atoms with Gasteiger partial charge in [0, 0.05) is 31.2 Å². The molecule has 1 aromatic rings.